The maximum absolute atomic E-state index is 13.1. The lowest BCUT2D eigenvalue weighted by Crippen LogP contribution is -2.03. The Morgan fingerprint density at radius 3 is 2.53 bits per heavy atom. The van der Waals surface area contributed by atoms with Crippen molar-refractivity contribution in [3.05, 3.63) is 58.9 Å². The zero-order valence-corrected chi connectivity index (χ0v) is 11.5. The van der Waals surface area contributed by atoms with Crippen LogP contribution in [-0.2, 0) is 6.54 Å². The third-order valence-electron chi connectivity index (χ3n) is 3.20. The monoisotopic (exact) mass is 259 g/mol. The molecule has 0 amide bonds. The second kappa shape index (κ2) is 5.74. The molecule has 19 heavy (non-hydrogen) atoms. The first-order valence-corrected chi connectivity index (χ1v) is 6.23. The van der Waals surface area contributed by atoms with Crippen LogP contribution in [0, 0.1) is 19.7 Å². The number of ether oxygens (including phenoxy) is 1. The third kappa shape index (κ3) is 3.25. The Kier molecular flexibility index (Phi) is 4.05. The van der Waals surface area contributed by atoms with Crippen molar-refractivity contribution in [2.45, 2.75) is 20.4 Å². The van der Waals surface area contributed by atoms with Crippen LogP contribution in [0.15, 0.2) is 36.4 Å². The van der Waals surface area contributed by atoms with E-state index in [0.29, 0.717) is 6.54 Å². The zero-order valence-electron chi connectivity index (χ0n) is 11.5. The van der Waals surface area contributed by atoms with Crippen molar-refractivity contribution in [2.75, 3.05) is 12.4 Å². The van der Waals surface area contributed by atoms with E-state index in [9.17, 15) is 4.39 Å². The van der Waals surface area contributed by atoms with Gasteiger partial charge in [0.15, 0.2) is 0 Å². The summed E-state index contributed by atoms with van der Waals surface area (Å²) in [4.78, 5) is 0. The summed E-state index contributed by atoms with van der Waals surface area (Å²) in [5, 5.41) is 3.20. The van der Waals surface area contributed by atoms with Crippen LogP contribution >= 0.6 is 0 Å². The van der Waals surface area contributed by atoms with Crippen LogP contribution in [0.5, 0.6) is 5.75 Å². The average molecular weight is 259 g/mol. The second-order valence-corrected chi connectivity index (χ2v) is 4.61. The van der Waals surface area contributed by atoms with Crippen molar-refractivity contribution in [3.63, 3.8) is 0 Å². The Labute approximate surface area is 113 Å². The highest BCUT2D eigenvalue weighted by Gasteiger charge is 2.06. The van der Waals surface area contributed by atoms with Crippen LogP contribution in [-0.4, -0.2) is 7.11 Å². The van der Waals surface area contributed by atoms with Gasteiger partial charge >= 0.3 is 0 Å². The number of rotatable bonds is 4. The molecule has 0 unspecified atom stereocenters. The fourth-order valence-corrected chi connectivity index (χ4v) is 1.97. The first-order valence-electron chi connectivity index (χ1n) is 6.23. The highest BCUT2D eigenvalue weighted by Crippen LogP contribution is 2.24. The molecule has 0 bridgehead atoms. The summed E-state index contributed by atoms with van der Waals surface area (Å²) < 4.78 is 18.5. The molecule has 2 rings (SSSR count). The van der Waals surface area contributed by atoms with E-state index >= 15 is 0 Å². The summed E-state index contributed by atoms with van der Waals surface area (Å²) in [5.41, 5.74) is 4.25. The van der Waals surface area contributed by atoms with Gasteiger partial charge < -0.3 is 10.1 Å². The molecule has 0 heterocycles. The van der Waals surface area contributed by atoms with Crippen molar-refractivity contribution in [2.24, 2.45) is 0 Å². The SMILES string of the molecule is COc1cc(C)c(C)cc1CNc1cccc(F)c1. The van der Waals surface area contributed by atoms with E-state index < -0.39 is 0 Å². The number of benzene rings is 2. The minimum absolute atomic E-state index is 0.239. The molecular weight excluding hydrogens is 241 g/mol. The maximum Gasteiger partial charge on any atom is 0.125 e. The topological polar surface area (TPSA) is 21.3 Å². The summed E-state index contributed by atoms with van der Waals surface area (Å²) in [5.74, 6) is 0.615. The molecule has 100 valence electrons. The van der Waals surface area contributed by atoms with Gasteiger partial charge in [0.1, 0.15) is 11.6 Å². The largest absolute Gasteiger partial charge is 0.496 e. The smallest absolute Gasteiger partial charge is 0.125 e. The number of hydrogen-bond donors (Lipinski definition) is 1. The Morgan fingerprint density at radius 2 is 1.84 bits per heavy atom. The van der Waals surface area contributed by atoms with Crippen LogP contribution < -0.4 is 10.1 Å². The molecule has 2 nitrogen and oxygen atoms in total. The fraction of sp³-hybridized carbons (Fsp3) is 0.250. The van der Waals surface area contributed by atoms with Gasteiger partial charge in [0.2, 0.25) is 0 Å². The molecule has 0 saturated carbocycles. The van der Waals surface area contributed by atoms with Gasteiger partial charge in [-0.05, 0) is 49.2 Å². The van der Waals surface area contributed by atoms with Gasteiger partial charge in [0.05, 0.1) is 7.11 Å². The van der Waals surface area contributed by atoms with E-state index in [1.54, 1.807) is 13.2 Å². The predicted molar refractivity (Wildman–Crippen MR) is 76.2 cm³/mol. The van der Waals surface area contributed by atoms with E-state index in [4.69, 9.17) is 4.74 Å². The minimum atomic E-state index is -0.239. The minimum Gasteiger partial charge on any atom is -0.496 e. The number of aryl methyl sites for hydroxylation is 2. The van der Waals surface area contributed by atoms with Gasteiger partial charge in [-0.25, -0.2) is 4.39 Å². The quantitative estimate of drug-likeness (QED) is 0.894. The maximum atomic E-state index is 13.1. The van der Waals surface area contributed by atoms with E-state index in [-0.39, 0.29) is 5.82 Å². The molecule has 0 fully saturated rings. The molecule has 0 atom stereocenters. The van der Waals surface area contributed by atoms with Gasteiger partial charge in [-0.3, -0.25) is 0 Å². The predicted octanol–water partition coefficient (Wildman–Crippen LogP) is 4.06. The molecule has 0 aliphatic rings. The highest BCUT2D eigenvalue weighted by molar-refractivity contribution is 5.47. The first-order chi connectivity index (χ1) is 9.10. The Balaban J connectivity index is 2.17. The first kappa shape index (κ1) is 13.4. The third-order valence-corrected chi connectivity index (χ3v) is 3.20. The molecule has 1 N–H and O–H groups in total. The lowest BCUT2D eigenvalue weighted by atomic mass is 10.0. The fourth-order valence-electron chi connectivity index (χ4n) is 1.97. The van der Waals surface area contributed by atoms with Crippen molar-refractivity contribution < 1.29 is 9.13 Å². The summed E-state index contributed by atoms with van der Waals surface area (Å²) in [6, 6.07) is 10.6. The molecule has 3 heteroatoms. The molecule has 0 aromatic heterocycles. The molecular formula is C16H18FNO. The van der Waals surface area contributed by atoms with E-state index in [1.807, 2.05) is 12.1 Å². The average Bonchev–Trinajstić information content (AvgIpc) is 2.39. The Bertz CT molecular complexity index is 581. The Morgan fingerprint density at radius 1 is 1.11 bits per heavy atom. The summed E-state index contributed by atoms with van der Waals surface area (Å²) in [6.07, 6.45) is 0. The molecule has 2 aromatic rings. The molecule has 2 aromatic carbocycles. The molecule has 0 radical (unpaired) electrons. The van der Waals surface area contributed by atoms with Gasteiger partial charge in [-0.15, -0.1) is 0 Å². The second-order valence-electron chi connectivity index (χ2n) is 4.61. The van der Waals surface area contributed by atoms with E-state index in [2.05, 4.69) is 25.2 Å². The van der Waals surface area contributed by atoms with E-state index in [0.717, 1.165) is 17.0 Å². The lowest BCUT2D eigenvalue weighted by molar-refractivity contribution is 0.410. The Hall–Kier alpha value is -2.03. The zero-order chi connectivity index (χ0) is 13.8. The van der Waals surface area contributed by atoms with E-state index in [1.165, 1.54) is 23.3 Å². The number of anilines is 1. The number of hydrogen-bond acceptors (Lipinski definition) is 2. The van der Waals surface area contributed by atoms with Crippen LogP contribution in [0.1, 0.15) is 16.7 Å². The molecule has 0 aliphatic heterocycles. The normalized spacial score (nSPS) is 10.3. The van der Waals surface area contributed by atoms with Crippen molar-refractivity contribution in [1.29, 1.82) is 0 Å². The summed E-state index contributed by atoms with van der Waals surface area (Å²) in [6.45, 7) is 4.73. The highest BCUT2D eigenvalue weighted by atomic mass is 19.1. The molecule has 0 aliphatic carbocycles. The van der Waals surface area contributed by atoms with Gasteiger partial charge in [0, 0.05) is 17.8 Å². The lowest BCUT2D eigenvalue weighted by Gasteiger charge is -2.13. The number of halogens is 1. The molecule has 0 spiro atoms. The number of nitrogens with one attached hydrogen (secondary N) is 1. The van der Waals surface area contributed by atoms with Crippen molar-refractivity contribution in [3.8, 4) is 5.75 Å². The van der Waals surface area contributed by atoms with Gasteiger partial charge in [-0.2, -0.15) is 0 Å². The summed E-state index contributed by atoms with van der Waals surface area (Å²) >= 11 is 0. The number of methoxy groups -OCH3 is 1. The van der Waals surface area contributed by atoms with Gasteiger partial charge in [0.25, 0.3) is 0 Å². The van der Waals surface area contributed by atoms with Crippen LogP contribution in [0.2, 0.25) is 0 Å². The van der Waals surface area contributed by atoms with Crippen molar-refractivity contribution in [1.82, 2.24) is 0 Å². The standard InChI is InChI=1S/C16H18FNO/c1-11-7-13(16(19-3)8-12(11)2)10-18-15-6-4-5-14(17)9-15/h4-9,18H,10H2,1-3H3. The van der Waals surface area contributed by atoms with Crippen LogP contribution in [0.4, 0.5) is 10.1 Å². The van der Waals surface area contributed by atoms with Crippen LogP contribution in [0.3, 0.4) is 0 Å². The van der Waals surface area contributed by atoms with Crippen LogP contribution in [0.25, 0.3) is 0 Å². The summed E-state index contributed by atoms with van der Waals surface area (Å²) in [7, 11) is 1.66. The van der Waals surface area contributed by atoms with Crippen molar-refractivity contribution >= 4 is 5.69 Å². The van der Waals surface area contributed by atoms with Gasteiger partial charge in [-0.1, -0.05) is 12.1 Å². The molecule has 0 saturated heterocycles.